The number of aliphatic hydroxyl groups is 2. The van der Waals surface area contributed by atoms with E-state index in [2.05, 4.69) is 0 Å². The average molecular weight is 306 g/mol. The Balaban J connectivity index is 2.66. The Kier molecular flexibility index (Phi) is 6.49. The highest BCUT2D eigenvalue weighted by atomic mass is 16.7. The number of ether oxygens (including phenoxy) is 3. The second-order valence-corrected chi connectivity index (χ2v) is 5.06. The van der Waals surface area contributed by atoms with Gasteiger partial charge in [-0.1, -0.05) is 6.92 Å². The van der Waals surface area contributed by atoms with Crippen LogP contribution in [0.3, 0.4) is 0 Å². The second-order valence-electron chi connectivity index (χ2n) is 5.06. The van der Waals surface area contributed by atoms with E-state index >= 15 is 0 Å². The van der Waals surface area contributed by atoms with Gasteiger partial charge >= 0.3 is 0 Å². The third-order valence-electron chi connectivity index (χ3n) is 3.31. The predicted octanol–water partition coefficient (Wildman–Crippen LogP) is -2.54. The van der Waals surface area contributed by atoms with Crippen molar-refractivity contribution in [2.75, 3.05) is 13.7 Å². The summed E-state index contributed by atoms with van der Waals surface area (Å²) >= 11 is 0. The summed E-state index contributed by atoms with van der Waals surface area (Å²) in [5.74, 6) is -1.64. The number of aliphatic hydroxyl groups excluding tert-OH is 2. The van der Waals surface area contributed by atoms with Crippen LogP contribution in [0, 0.1) is 5.92 Å². The number of rotatable bonds is 9. The molecule has 6 atom stereocenters. The lowest BCUT2D eigenvalue weighted by atomic mass is 9.92. The third-order valence-corrected chi connectivity index (χ3v) is 3.31. The molecule has 21 heavy (non-hydrogen) atoms. The quantitative estimate of drug-likeness (QED) is 0.342. The fourth-order valence-corrected chi connectivity index (χ4v) is 2.03. The smallest absolute Gasteiger partial charge is 0.247 e. The zero-order valence-electron chi connectivity index (χ0n) is 12.0. The molecule has 0 saturated carbocycles. The van der Waals surface area contributed by atoms with Gasteiger partial charge in [-0.15, -0.1) is 0 Å². The molecule has 0 aliphatic carbocycles. The zero-order valence-corrected chi connectivity index (χ0v) is 12.0. The van der Waals surface area contributed by atoms with Gasteiger partial charge in [0.05, 0.1) is 19.1 Å². The van der Waals surface area contributed by atoms with Crippen molar-refractivity contribution in [1.29, 1.82) is 0 Å². The first-order valence-electron chi connectivity index (χ1n) is 6.51. The minimum absolute atomic E-state index is 0.0738. The van der Waals surface area contributed by atoms with Crippen LogP contribution in [0.25, 0.3) is 0 Å². The van der Waals surface area contributed by atoms with Crippen molar-refractivity contribution in [3.63, 3.8) is 0 Å². The molecule has 1 aliphatic rings. The van der Waals surface area contributed by atoms with Crippen molar-refractivity contribution >= 4 is 11.8 Å². The first kappa shape index (κ1) is 17.8. The fraction of sp³-hybridized carbons (Fsp3) is 0.833. The molecule has 2 amide bonds. The summed E-state index contributed by atoms with van der Waals surface area (Å²) < 4.78 is 15.2. The molecule has 1 heterocycles. The van der Waals surface area contributed by atoms with Crippen molar-refractivity contribution in [2.24, 2.45) is 17.4 Å². The molecule has 0 bridgehead atoms. The molecular formula is C12H22N2O7. The van der Waals surface area contributed by atoms with E-state index in [4.69, 9.17) is 25.7 Å². The van der Waals surface area contributed by atoms with Crippen molar-refractivity contribution in [3.8, 4) is 0 Å². The average Bonchev–Trinajstić information content (AvgIpc) is 2.40. The number of carbonyl (C=O) groups excluding carboxylic acids is 2. The van der Waals surface area contributed by atoms with E-state index in [1.807, 2.05) is 6.92 Å². The van der Waals surface area contributed by atoms with Crippen molar-refractivity contribution in [1.82, 2.24) is 0 Å². The number of carbonyl (C=O) groups is 2. The largest absolute Gasteiger partial charge is 0.387 e. The second kappa shape index (κ2) is 7.66. The maximum atomic E-state index is 11.2. The highest BCUT2D eigenvalue weighted by molar-refractivity contribution is 5.85. The summed E-state index contributed by atoms with van der Waals surface area (Å²) in [5.41, 5.74) is 10.1. The summed E-state index contributed by atoms with van der Waals surface area (Å²) in [6.45, 7) is 2.34. The van der Waals surface area contributed by atoms with E-state index in [0.29, 0.717) is 6.61 Å². The third kappa shape index (κ3) is 4.61. The Labute approximate surface area is 122 Å². The Morgan fingerprint density at radius 2 is 2.00 bits per heavy atom. The lowest BCUT2D eigenvalue weighted by molar-refractivity contribution is -0.253. The van der Waals surface area contributed by atoms with Gasteiger partial charge in [0.25, 0.3) is 0 Å². The highest BCUT2D eigenvalue weighted by Crippen LogP contribution is 2.26. The summed E-state index contributed by atoms with van der Waals surface area (Å²) in [6, 6.07) is 0. The molecular weight excluding hydrogens is 284 g/mol. The maximum absolute atomic E-state index is 11.2. The Hall–Kier alpha value is -1.26. The Morgan fingerprint density at radius 1 is 1.38 bits per heavy atom. The molecule has 0 radical (unpaired) electrons. The first-order chi connectivity index (χ1) is 9.77. The fourth-order valence-electron chi connectivity index (χ4n) is 2.03. The number of amides is 2. The monoisotopic (exact) mass is 306 g/mol. The summed E-state index contributed by atoms with van der Waals surface area (Å²) in [6.07, 6.45) is -6.45. The van der Waals surface area contributed by atoms with Crippen molar-refractivity contribution in [3.05, 3.63) is 0 Å². The van der Waals surface area contributed by atoms with Crippen LogP contribution in [0.1, 0.15) is 13.3 Å². The van der Waals surface area contributed by atoms with Crippen LogP contribution in [0.15, 0.2) is 0 Å². The number of hydrogen-bond donors (Lipinski definition) is 4. The molecule has 5 unspecified atom stereocenters. The lowest BCUT2D eigenvalue weighted by Crippen LogP contribution is -2.55. The molecule has 0 aromatic heterocycles. The number of primary amides is 2. The molecule has 9 heteroatoms. The van der Waals surface area contributed by atoms with Crippen LogP contribution >= 0.6 is 0 Å². The van der Waals surface area contributed by atoms with Crippen LogP contribution in [0.4, 0.5) is 0 Å². The van der Waals surface area contributed by atoms with Gasteiger partial charge in [-0.05, 0) is 0 Å². The predicted molar refractivity (Wildman–Crippen MR) is 69.6 cm³/mol. The molecule has 1 aliphatic heterocycles. The SMILES string of the molecule is CO[C@@H](OC(CC(N)=O)C(N)=O)C(O)C(O)C1OCC1C. The standard InChI is InChI=1S/C12H22N2O7/c1-5-4-20-10(5)8(16)9(17)12(19-2)21-6(11(14)18)3-7(13)15/h5-6,8-10,12,16-17H,3-4H2,1-2H3,(H2,13,15)(H2,14,18)/t5?,6?,8?,9?,10?,12-/m0/s1. The number of nitrogens with two attached hydrogens (primary N) is 2. The molecule has 1 fully saturated rings. The van der Waals surface area contributed by atoms with Gasteiger partial charge in [-0.3, -0.25) is 9.59 Å². The summed E-state index contributed by atoms with van der Waals surface area (Å²) in [7, 11) is 1.22. The summed E-state index contributed by atoms with van der Waals surface area (Å²) in [4.78, 5) is 22.1. The number of hydrogen-bond acceptors (Lipinski definition) is 7. The molecule has 122 valence electrons. The topological polar surface area (TPSA) is 154 Å². The van der Waals surface area contributed by atoms with Crippen LogP contribution in [0.2, 0.25) is 0 Å². The van der Waals surface area contributed by atoms with Crippen LogP contribution in [-0.4, -0.2) is 66.4 Å². The molecule has 9 nitrogen and oxygen atoms in total. The van der Waals surface area contributed by atoms with Gasteiger partial charge in [-0.25, -0.2) is 0 Å². The molecule has 0 aromatic carbocycles. The van der Waals surface area contributed by atoms with Gasteiger partial charge < -0.3 is 35.9 Å². The maximum Gasteiger partial charge on any atom is 0.247 e. The highest BCUT2D eigenvalue weighted by Gasteiger charge is 2.42. The van der Waals surface area contributed by atoms with Crippen LogP contribution in [0.5, 0.6) is 0 Å². The van der Waals surface area contributed by atoms with Gasteiger partial charge in [0.15, 0.2) is 6.29 Å². The molecule has 0 spiro atoms. The van der Waals surface area contributed by atoms with Crippen molar-refractivity contribution in [2.45, 2.75) is 44.1 Å². The normalized spacial score (nSPS) is 27.2. The lowest BCUT2D eigenvalue weighted by Gasteiger charge is -2.40. The first-order valence-corrected chi connectivity index (χ1v) is 6.51. The molecule has 1 rings (SSSR count). The minimum atomic E-state index is -1.47. The summed E-state index contributed by atoms with van der Waals surface area (Å²) in [5, 5.41) is 20.0. The molecule has 6 N–H and O–H groups in total. The van der Waals surface area contributed by atoms with Gasteiger partial charge in [0.1, 0.15) is 18.3 Å². The zero-order chi connectivity index (χ0) is 16.2. The Morgan fingerprint density at radius 3 is 2.33 bits per heavy atom. The van der Waals surface area contributed by atoms with E-state index in [0.717, 1.165) is 0 Å². The van der Waals surface area contributed by atoms with E-state index in [1.54, 1.807) is 0 Å². The van der Waals surface area contributed by atoms with Gasteiger partial charge in [-0.2, -0.15) is 0 Å². The van der Waals surface area contributed by atoms with E-state index < -0.39 is 48.9 Å². The van der Waals surface area contributed by atoms with E-state index in [9.17, 15) is 19.8 Å². The van der Waals surface area contributed by atoms with Crippen LogP contribution in [-0.2, 0) is 23.8 Å². The Bertz CT molecular complexity index is 379. The van der Waals surface area contributed by atoms with Gasteiger partial charge in [0, 0.05) is 13.0 Å². The minimum Gasteiger partial charge on any atom is -0.387 e. The molecule has 0 aromatic rings. The number of methoxy groups -OCH3 is 1. The van der Waals surface area contributed by atoms with Crippen LogP contribution < -0.4 is 11.5 Å². The van der Waals surface area contributed by atoms with E-state index in [1.165, 1.54) is 7.11 Å². The van der Waals surface area contributed by atoms with E-state index in [-0.39, 0.29) is 5.92 Å². The molecule has 1 saturated heterocycles. The van der Waals surface area contributed by atoms with Crippen molar-refractivity contribution < 1.29 is 34.0 Å². The van der Waals surface area contributed by atoms with Gasteiger partial charge in [0.2, 0.25) is 11.8 Å².